The maximum absolute atomic E-state index is 14.3. The molecule has 2 aromatic carbocycles. The van der Waals surface area contributed by atoms with Crippen LogP contribution in [-0.2, 0) is 14.8 Å². The van der Waals surface area contributed by atoms with Crippen LogP contribution in [0.3, 0.4) is 0 Å². The summed E-state index contributed by atoms with van der Waals surface area (Å²) >= 11 is 0. The Labute approximate surface area is 196 Å². The number of hydrogen-bond acceptors (Lipinski definition) is 7. The monoisotopic (exact) mass is 492 g/mol. The number of piperidine rings is 1. The minimum absolute atomic E-state index is 0.0557. The molecule has 2 aliphatic heterocycles. The highest BCUT2D eigenvalue weighted by molar-refractivity contribution is 7.89. The van der Waals surface area contributed by atoms with Crippen molar-refractivity contribution in [1.29, 1.82) is 0 Å². The van der Waals surface area contributed by atoms with E-state index in [0.29, 0.717) is 18.8 Å². The minimum Gasteiger partial charge on any atom is -0.379 e. The summed E-state index contributed by atoms with van der Waals surface area (Å²) in [4.78, 5) is 25.6. The molecule has 182 valence electrons. The Balaban J connectivity index is 1.72. The molecule has 4 rings (SSSR count). The van der Waals surface area contributed by atoms with Crippen molar-refractivity contribution in [3.05, 3.63) is 57.9 Å². The van der Waals surface area contributed by atoms with E-state index in [1.54, 1.807) is 6.07 Å². The number of nitrogens with zero attached hydrogens (tertiary/aromatic N) is 3. The van der Waals surface area contributed by atoms with Crippen LogP contribution in [0.25, 0.3) is 0 Å². The van der Waals surface area contributed by atoms with Crippen molar-refractivity contribution in [2.75, 3.05) is 49.6 Å². The fourth-order valence-corrected chi connectivity index (χ4v) is 5.55. The van der Waals surface area contributed by atoms with E-state index < -0.39 is 26.7 Å². The maximum Gasteiger partial charge on any atom is 0.271 e. The number of halogens is 1. The van der Waals surface area contributed by atoms with Gasteiger partial charge in [-0.1, -0.05) is 0 Å². The standard InChI is InChI=1S/C22H25FN4O6S/c23-19-6-4-16(27(29)30)14-20(19)24-22(28)18-15-17(34(31,32)26-10-12-33-13-11-26)5-7-21(18)25-8-2-1-3-9-25/h4-7,14-15H,1-3,8-13H2,(H,24,28). The summed E-state index contributed by atoms with van der Waals surface area (Å²) in [6.07, 6.45) is 2.91. The number of carbonyl (C=O) groups excluding carboxylic acids is 1. The van der Waals surface area contributed by atoms with Gasteiger partial charge in [0.1, 0.15) is 5.82 Å². The molecule has 0 aliphatic carbocycles. The zero-order valence-corrected chi connectivity index (χ0v) is 19.2. The largest absolute Gasteiger partial charge is 0.379 e. The van der Waals surface area contributed by atoms with Gasteiger partial charge in [0.05, 0.1) is 34.3 Å². The van der Waals surface area contributed by atoms with E-state index in [-0.39, 0.29) is 48.1 Å². The van der Waals surface area contributed by atoms with Crippen molar-refractivity contribution in [1.82, 2.24) is 4.31 Å². The molecule has 1 amide bonds. The highest BCUT2D eigenvalue weighted by atomic mass is 32.2. The molecule has 0 radical (unpaired) electrons. The van der Waals surface area contributed by atoms with E-state index in [2.05, 4.69) is 5.32 Å². The van der Waals surface area contributed by atoms with E-state index in [1.165, 1.54) is 16.4 Å². The highest BCUT2D eigenvalue weighted by Gasteiger charge is 2.29. The summed E-state index contributed by atoms with van der Waals surface area (Å²) in [7, 11) is -3.87. The molecule has 2 heterocycles. The number of rotatable bonds is 6. The van der Waals surface area contributed by atoms with Crippen LogP contribution in [0.1, 0.15) is 29.6 Å². The lowest BCUT2D eigenvalue weighted by Gasteiger charge is -2.31. The van der Waals surface area contributed by atoms with Gasteiger partial charge in [0.15, 0.2) is 0 Å². The molecule has 2 aromatic rings. The molecule has 12 heteroatoms. The summed E-state index contributed by atoms with van der Waals surface area (Å²) in [6.45, 7) is 2.37. The summed E-state index contributed by atoms with van der Waals surface area (Å²) < 4.78 is 47.2. The first-order valence-corrected chi connectivity index (χ1v) is 12.4. The van der Waals surface area contributed by atoms with Gasteiger partial charge in [0.2, 0.25) is 10.0 Å². The molecule has 0 unspecified atom stereocenters. The van der Waals surface area contributed by atoms with Crippen LogP contribution < -0.4 is 10.2 Å². The molecular formula is C22H25FN4O6S. The van der Waals surface area contributed by atoms with Crippen LogP contribution in [0.15, 0.2) is 41.3 Å². The molecule has 2 aliphatic rings. The average Bonchev–Trinajstić information content (AvgIpc) is 2.86. The molecule has 2 fully saturated rings. The Kier molecular flexibility index (Phi) is 7.10. The highest BCUT2D eigenvalue weighted by Crippen LogP contribution is 2.30. The van der Waals surface area contributed by atoms with E-state index in [1.807, 2.05) is 4.90 Å². The predicted molar refractivity (Wildman–Crippen MR) is 123 cm³/mol. The molecule has 2 saturated heterocycles. The van der Waals surface area contributed by atoms with E-state index >= 15 is 0 Å². The first-order valence-electron chi connectivity index (χ1n) is 11.0. The summed E-state index contributed by atoms with van der Waals surface area (Å²) in [5, 5.41) is 13.5. The molecular weight excluding hydrogens is 467 g/mol. The number of morpholine rings is 1. The topological polar surface area (TPSA) is 122 Å². The number of benzene rings is 2. The number of nitro groups is 1. The van der Waals surface area contributed by atoms with Gasteiger partial charge in [0.25, 0.3) is 11.6 Å². The summed E-state index contributed by atoms with van der Waals surface area (Å²) in [6, 6.07) is 7.19. The molecule has 0 aromatic heterocycles. The quantitative estimate of drug-likeness (QED) is 0.486. The van der Waals surface area contributed by atoms with Crippen molar-refractivity contribution < 1.29 is 27.3 Å². The maximum atomic E-state index is 14.3. The lowest BCUT2D eigenvalue weighted by Crippen LogP contribution is -2.40. The first-order chi connectivity index (χ1) is 16.3. The van der Waals surface area contributed by atoms with Crippen molar-refractivity contribution in [3.63, 3.8) is 0 Å². The average molecular weight is 493 g/mol. The molecule has 10 nitrogen and oxygen atoms in total. The van der Waals surface area contributed by atoms with Crippen LogP contribution in [0.4, 0.5) is 21.5 Å². The van der Waals surface area contributed by atoms with Gasteiger partial charge in [-0.25, -0.2) is 12.8 Å². The number of ether oxygens (including phenoxy) is 1. The zero-order chi connectivity index (χ0) is 24.3. The molecule has 34 heavy (non-hydrogen) atoms. The third-order valence-corrected chi connectivity index (χ3v) is 7.82. The fraction of sp³-hybridized carbons (Fsp3) is 0.409. The molecule has 0 spiro atoms. The third kappa shape index (κ3) is 5.03. The molecule has 0 atom stereocenters. The molecule has 1 N–H and O–H groups in total. The second-order valence-electron chi connectivity index (χ2n) is 8.12. The number of amides is 1. The van der Waals surface area contributed by atoms with Gasteiger partial charge < -0.3 is 15.0 Å². The summed E-state index contributed by atoms with van der Waals surface area (Å²) in [5.41, 5.74) is -0.145. The Morgan fingerprint density at radius 2 is 1.74 bits per heavy atom. The van der Waals surface area contributed by atoms with E-state index in [0.717, 1.165) is 37.5 Å². The Hall–Kier alpha value is -3.09. The summed E-state index contributed by atoms with van der Waals surface area (Å²) in [5.74, 6) is -1.59. The number of carbonyl (C=O) groups is 1. The van der Waals surface area contributed by atoms with Gasteiger partial charge in [-0.15, -0.1) is 0 Å². The number of anilines is 2. The number of sulfonamides is 1. The van der Waals surface area contributed by atoms with E-state index in [4.69, 9.17) is 4.74 Å². The van der Waals surface area contributed by atoms with Gasteiger partial charge in [0, 0.05) is 44.0 Å². The smallest absolute Gasteiger partial charge is 0.271 e. The van der Waals surface area contributed by atoms with Gasteiger partial charge in [-0.2, -0.15) is 4.31 Å². The van der Waals surface area contributed by atoms with Crippen LogP contribution in [0, 0.1) is 15.9 Å². The van der Waals surface area contributed by atoms with Gasteiger partial charge >= 0.3 is 0 Å². The van der Waals surface area contributed by atoms with Crippen molar-refractivity contribution >= 4 is 33.0 Å². The van der Waals surface area contributed by atoms with Gasteiger partial charge in [-0.05, 0) is 43.5 Å². The normalized spacial score (nSPS) is 17.4. The number of non-ortho nitro benzene ring substituents is 1. The molecule has 0 bridgehead atoms. The third-order valence-electron chi connectivity index (χ3n) is 5.93. The van der Waals surface area contributed by atoms with Crippen LogP contribution in [0.5, 0.6) is 0 Å². The van der Waals surface area contributed by atoms with E-state index in [9.17, 15) is 27.7 Å². The second kappa shape index (κ2) is 10.0. The lowest BCUT2D eigenvalue weighted by atomic mass is 10.1. The molecule has 0 saturated carbocycles. The van der Waals surface area contributed by atoms with Gasteiger partial charge in [-0.3, -0.25) is 14.9 Å². The van der Waals surface area contributed by atoms with Crippen LogP contribution in [0.2, 0.25) is 0 Å². The SMILES string of the molecule is O=C(Nc1cc([N+](=O)[O-])ccc1F)c1cc(S(=O)(=O)N2CCOCC2)ccc1N1CCCCC1. The Bertz CT molecular complexity index is 1190. The fourth-order valence-electron chi connectivity index (χ4n) is 4.12. The Morgan fingerprint density at radius 3 is 2.41 bits per heavy atom. The lowest BCUT2D eigenvalue weighted by molar-refractivity contribution is -0.384. The Morgan fingerprint density at radius 1 is 1.03 bits per heavy atom. The predicted octanol–water partition coefficient (Wildman–Crippen LogP) is 3.00. The van der Waals surface area contributed by atoms with Crippen molar-refractivity contribution in [3.8, 4) is 0 Å². The zero-order valence-electron chi connectivity index (χ0n) is 18.4. The number of hydrogen-bond donors (Lipinski definition) is 1. The van der Waals surface area contributed by atoms with Crippen molar-refractivity contribution in [2.24, 2.45) is 0 Å². The first kappa shape index (κ1) is 24.0. The minimum atomic E-state index is -3.87. The number of nitrogens with one attached hydrogen (secondary N) is 1. The second-order valence-corrected chi connectivity index (χ2v) is 10.1. The number of nitro benzene ring substituents is 1. The van der Waals surface area contributed by atoms with Crippen molar-refractivity contribution in [2.45, 2.75) is 24.2 Å². The van der Waals surface area contributed by atoms with Crippen LogP contribution in [-0.4, -0.2) is 62.9 Å². The van der Waals surface area contributed by atoms with Crippen LogP contribution >= 0.6 is 0 Å².